The number of hydrogen-bond donors (Lipinski definition) is 1. The maximum absolute atomic E-state index is 15.4. The molecule has 1 N–H and O–H groups in total. The van der Waals surface area contributed by atoms with Crippen LogP contribution in [-0.4, -0.2) is 66.4 Å². The Labute approximate surface area is 168 Å². The van der Waals surface area contributed by atoms with Crippen LogP contribution in [0.2, 0.25) is 0 Å². The summed E-state index contributed by atoms with van der Waals surface area (Å²) >= 11 is 0. The molecule has 7 nitrogen and oxygen atoms in total. The Hall–Kier alpha value is -2.62. The van der Waals surface area contributed by atoms with Crippen molar-refractivity contribution in [3.63, 3.8) is 0 Å². The second-order valence-electron chi connectivity index (χ2n) is 7.13. The van der Waals surface area contributed by atoms with Crippen molar-refractivity contribution in [3.05, 3.63) is 71.4 Å². The Morgan fingerprint density at radius 1 is 1.03 bits per heavy atom. The van der Waals surface area contributed by atoms with E-state index in [0.717, 1.165) is 11.1 Å². The first kappa shape index (κ1) is 19.7. The summed E-state index contributed by atoms with van der Waals surface area (Å²) < 4.78 is 42.2. The normalized spacial score (nSPS) is 19.3. The number of sulfonamides is 1. The van der Waals surface area contributed by atoms with Crippen molar-refractivity contribution in [1.82, 2.24) is 14.2 Å². The van der Waals surface area contributed by atoms with Crippen LogP contribution in [0, 0.1) is 0 Å². The highest BCUT2D eigenvalue weighted by atomic mass is 32.2. The van der Waals surface area contributed by atoms with Gasteiger partial charge in [0, 0.05) is 37.9 Å². The van der Waals surface area contributed by atoms with Crippen LogP contribution in [0.3, 0.4) is 0 Å². The molecule has 29 heavy (non-hydrogen) atoms. The topological polar surface area (TPSA) is 90.8 Å². The third kappa shape index (κ3) is 3.35. The van der Waals surface area contributed by atoms with Crippen LogP contribution in [0.25, 0.3) is 0 Å². The molecule has 0 unspecified atom stereocenters. The monoisotopic (exact) mass is 417 g/mol. The molecule has 4 rings (SSSR count). The SMILES string of the molecule is O=C(N1CC2=C(C1)CN(S(=O)(=O)c1ccccn1)C2)[C@](F)(CO)c1ccccc1. The molecule has 2 aromatic rings. The number of aromatic nitrogens is 1. The highest BCUT2D eigenvalue weighted by Gasteiger charge is 2.46. The smallest absolute Gasteiger partial charge is 0.267 e. The van der Waals surface area contributed by atoms with Crippen LogP contribution < -0.4 is 0 Å². The van der Waals surface area contributed by atoms with Gasteiger partial charge in [-0.15, -0.1) is 0 Å². The largest absolute Gasteiger partial charge is 0.392 e. The summed E-state index contributed by atoms with van der Waals surface area (Å²) in [6, 6.07) is 12.5. The number of alkyl halides is 1. The highest BCUT2D eigenvalue weighted by molar-refractivity contribution is 7.89. The van der Waals surface area contributed by atoms with Crippen molar-refractivity contribution < 1.29 is 22.7 Å². The number of pyridine rings is 1. The maximum Gasteiger partial charge on any atom is 0.267 e. The molecule has 9 heteroatoms. The first-order chi connectivity index (χ1) is 13.9. The van der Waals surface area contributed by atoms with E-state index in [2.05, 4.69) is 4.98 Å². The van der Waals surface area contributed by atoms with Gasteiger partial charge in [0.1, 0.15) is 0 Å². The van der Waals surface area contributed by atoms with Crippen LogP contribution in [0.4, 0.5) is 4.39 Å². The molecule has 0 aliphatic carbocycles. The van der Waals surface area contributed by atoms with Gasteiger partial charge in [-0.25, -0.2) is 17.8 Å². The third-order valence-corrected chi connectivity index (χ3v) is 7.02. The molecule has 2 aliphatic heterocycles. The van der Waals surface area contributed by atoms with E-state index in [0.29, 0.717) is 0 Å². The summed E-state index contributed by atoms with van der Waals surface area (Å²) in [7, 11) is -3.73. The standard InChI is InChI=1S/C20H20FN3O4S/c21-20(14-25,17-6-2-1-3-7-17)19(26)23-10-15-12-24(13-16(15)11-23)29(27,28)18-8-4-5-9-22-18/h1-9,25H,10-14H2/t20-/m0/s1. The molecule has 0 saturated carbocycles. The van der Waals surface area contributed by atoms with Crippen molar-refractivity contribution >= 4 is 15.9 Å². The van der Waals surface area contributed by atoms with Gasteiger partial charge in [-0.05, 0) is 23.3 Å². The van der Waals surface area contributed by atoms with Gasteiger partial charge in [-0.2, -0.15) is 4.31 Å². The molecule has 0 bridgehead atoms. The molecule has 152 valence electrons. The number of nitrogens with zero attached hydrogens (tertiary/aromatic N) is 3. The van der Waals surface area contributed by atoms with Crippen molar-refractivity contribution in [2.45, 2.75) is 10.7 Å². The van der Waals surface area contributed by atoms with E-state index in [-0.39, 0.29) is 36.8 Å². The average Bonchev–Trinajstić information content (AvgIpc) is 3.34. The van der Waals surface area contributed by atoms with Gasteiger partial charge >= 0.3 is 0 Å². The van der Waals surface area contributed by atoms with E-state index in [4.69, 9.17) is 0 Å². The molecule has 1 amide bonds. The molecule has 0 fully saturated rings. The molecular formula is C20H20FN3O4S. The Bertz CT molecular complexity index is 1040. The number of benzene rings is 1. The minimum absolute atomic E-state index is 0.0266. The Kier molecular flexibility index (Phi) is 4.97. The number of carbonyl (C=O) groups is 1. The molecule has 0 radical (unpaired) electrons. The third-order valence-electron chi connectivity index (χ3n) is 5.32. The lowest BCUT2D eigenvalue weighted by Gasteiger charge is -2.29. The summed E-state index contributed by atoms with van der Waals surface area (Å²) in [5, 5.41) is 9.59. The predicted octanol–water partition coefficient (Wildman–Crippen LogP) is 1.08. The van der Waals surface area contributed by atoms with Crippen molar-refractivity contribution in [2.75, 3.05) is 32.8 Å². The van der Waals surface area contributed by atoms with E-state index in [1.807, 2.05) is 0 Å². The number of aliphatic hydroxyl groups excluding tert-OH is 1. The maximum atomic E-state index is 15.4. The van der Waals surface area contributed by atoms with Crippen LogP contribution in [0.5, 0.6) is 0 Å². The van der Waals surface area contributed by atoms with Gasteiger partial charge in [-0.1, -0.05) is 36.4 Å². The summed E-state index contributed by atoms with van der Waals surface area (Å²) in [4.78, 5) is 18.1. The zero-order chi connectivity index (χ0) is 20.6. The fraction of sp³-hybridized carbons (Fsp3) is 0.300. The highest BCUT2D eigenvalue weighted by Crippen LogP contribution is 2.34. The van der Waals surface area contributed by atoms with Crippen LogP contribution in [0.15, 0.2) is 70.9 Å². The Morgan fingerprint density at radius 2 is 1.66 bits per heavy atom. The lowest BCUT2D eigenvalue weighted by Crippen LogP contribution is -2.47. The number of halogens is 1. The number of aliphatic hydroxyl groups is 1. The number of hydrogen-bond acceptors (Lipinski definition) is 5. The molecule has 1 aromatic carbocycles. The van der Waals surface area contributed by atoms with Crippen molar-refractivity contribution in [1.29, 1.82) is 0 Å². The van der Waals surface area contributed by atoms with Crippen LogP contribution in [0.1, 0.15) is 5.56 Å². The number of rotatable bonds is 5. The van der Waals surface area contributed by atoms with E-state index in [1.165, 1.54) is 33.6 Å². The molecule has 1 aromatic heterocycles. The van der Waals surface area contributed by atoms with Gasteiger partial charge in [0.15, 0.2) is 5.03 Å². The van der Waals surface area contributed by atoms with Gasteiger partial charge in [-0.3, -0.25) is 4.79 Å². The lowest BCUT2D eigenvalue weighted by atomic mass is 9.95. The quantitative estimate of drug-likeness (QED) is 0.736. The van der Waals surface area contributed by atoms with Gasteiger partial charge in [0.25, 0.3) is 15.9 Å². The second kappa shape index (κ2) is 7.33. The van der Waals surface area contributed by atoms with E-state index < -0.39 is 28.2 Å². The summed E-state index contributed by atoms with van der Waals surface area (Å²) in [5.74, 6) is -0.820. The molecular weight excluding hydrogens is 397 g/mol. The fourth-order valence-corrected chi connectivity index (χ4v) is 5.09. The van der Waals surface area contributed by atoms with E-state index in [1.54, 1.807) is 30.3 Å². The van der Waals surface area contributed by atoms with Gasteiger partial charge < -0.3 is 10.0 Å². The molecule has 3 heterocycles. The summed E-state index contributed by atoms with van der Waals surface area (Å²) in [5.41, 5.74) is -0.864. The lowest BCUT2D eigenvalue weighted by molar-refractivity contribution is -0.146. The first-order valence-electron chi connectivity index (χ1n) is 9.12. The van der Waals surface area contributed by atoms with E-state index in [9.17, 15) is 18.3 Å². The van der Waals surface area contributed by atoms with Crippen molar-refractivity contribution in [2.24, 2.45) is 0 Å². The van der Waals surface area contributed by atoms with Crippen molar-refractivity contribution in [3.8, 4) is 0 Å². The first-order valence-corrected chi connectivity index (χ1v) is 10.6. The second-order valence-corrected chi connectivity index (χ2v) is 9.02. The van der Waals surface area contributed by atoms with E-state index >= 15 is 4.39 Å². The molecule has 1 atom stereocenters. The molecule has 2 aliphatic rings. The molecule has 0 saturated heterocycles. The molecule has 0 spiro atoms. The Morgan fingerprint density at radius 3 is 2.21 bits per heavy atom. The van der Waals surface area contributed by atoms with Crippen LogP contribution in [-0.2, 0) is 20.5 Å². The predicted molar refractivity (Wildman–Crippen MR) is 103 cm³/mol. The number of amides is 1. The van der Waals surface area contributed by atoms with Gasteiger partial charge in [0.2, 0.25) is 5.67 Å². The zero-order valence-electron chi connectivity index (χ0n) is 15.5. The summed E-state index contributed by atoms with van der Waals surface area (Å²) in [6.07, 6.45) is 1.42. The van der Waals surface area contributed by atoms with Crippen LogP contribution >= 0.6 is 0 Å². The number of carbonyl (C=O) groups excluding carboxylic acids is 1. The Balaban J connectivity index is 1.48. The fourth-order valence-electron chi connectivity index (χ4n) is 3.73. The zero-order valence-corrected chi connectivity index (χ0v) is 16.3. The average molecular weight is 417 g/mol. The van der Waals surface area contributed by atoms with Gasteiger partial charge in [0.05, 0.1) is 6.61 Å². The minimum Gasteiger partial charge on any atom is -0.392 e. The minimum atomic E-state index is -3.73. The summed E-state index contributed by atoms with van der Waals surface area (Å²) in [6.45, 7) is -0.400.